The predicted molar refractivity (Wildman–Crippen MR) is 137 cm³/mol. The summed E-state index contributed by atoms with van der Waals surface area (Å²) in [5.74, 6) is 0.385. The molecule has 158 valence electrons. The Labute approximate surface area is 184 Å². The van der Waals surface area contributed by atoms with Crippen LogP contribution in [0.1, 0.15) is 77.6 Å². The van der Waals surface area contributed by atoms with Crippen LogP contribution in [0.4, 0.5) is 0 Å². The van der Waals surface area contributed by atoms with E-state index >= 15 is 0 Å². The number of benzene rings is 1. The van der Waals surface area contributed by atoms with E-state index in [9.17, 15) is 5.11 Å². The lowest BCUT2D eigenvalue weighted by Gasteiger charge is -2.25. The van der Waals surface area contributed by atoms with Crippen molar-refractivity contribution < 1.29 is 5.11 Å². The first kappa shape index (κ1) is 23.8. The molecule has 0 atom stereocenters. The van der Waals surface area contributed by atoms with Crippen LogP contribution < -0.4 is 0 Å². The van der Waals surface area contributed by atoms with Gasteiger partial charge in [-0.15, -0.1) is 0 Å². The Morgan fingerprint density at radius 3 is 1.97 bits per heavy atom. The van der Waals surface area contributed by atoms with Crippen LogP contribution in [0.3, 0.4) is 0 Å². The number of phenolic OH excluding ortho intramolecular Hbond substituents is 1. The molecule has 1 aliphatic carbocycles. The molecule has 1 N–H and O–H groups in total. The van der Waals surface area contributed by atoms with Crippen LogP contribution in [-0.4, -0.2) is 13.0 Å². The molecule has 2 rings (SSSR count). The van der Waals surface area contributed by atoms with Gasteiger partial charge in [0, 0.05) is 0 Å². The van der Waals surface area contributed by atoms with Crippen LogP contribution in [0.2, 0.25) is 0 Å². The van der Waals surface area contributed by atoms with Gasteiger partial charge < -0.3 is 5.11 Å². The van der Waals surface area contributed by atoms with E-state index in [1.807, 2.05) is 13.8 Å². The largest absolute Gasteiger partial charge is 0.507 e. The molecule has 0 unspecified atom stereocenters. The molecular weight excluding hydrogens is 363 g/mol. The highest BCUT2D eigenvalue weighted by Gasteiger charge is 2.21. The monoisotopic (exact) mass is 400 g/mol. The standard InChI is InChI=1S/C28H37BO/c1-14(2)27(29)22(10)18(6)21(9)26-15(3)12-25-23(11)28(30)16(4)13-24(25)19(7)17(5)20(26)8/h12-13,30H,9,29H2,1-8,10-11H3/b15-12-,19-17+,20-17?,22-18-,24-19?,25-12?,26-15?,26-20+. The van der Waals surface area contributed by atoms with E-state index in [2.05, 4.69) is 82.0 Å². The molecule has 1 nitrogen and oxygen atoms in total. The zero-order chi connectivity index (χ0) is 23.1. The summed E-state index contributed by atoms with van der Waals surface area (Å²) in [4.78, 5) is 0. The Morgan fingerprint density at radius 1 is 0.867 bits per heavy atom. The van der Waals surface area contributed by atoms with E-state index < -0.39 is 0 Å². The number of fused-ring (bicyclic) bond motifs is 1. The topological polar surface area (TPSA) is 20.2 Å². The second kappa shape index (κ2) is 8.72. The van der Waals surface area contributed by atoms with Crippen LogP contribution in [0, 0.1) is 13.8 Å². The van der Waals surface area contributed by atoms with Gasteiger partial charge in [0.15, 0.2) is 0 Å². The molecule has 0 radical (unpaired) electrons. The van der Waals surface area contributed by atoms with Crippen molar-refractivity contribution in [3.63, 3.8) is 0 Å². The van der Waals surface area contributed by atoms with Crippen molar-refractivity contribution in [2.45, 2.75) is 69.2 Å². The quantitative estimate of drug-likeness (QED) is 0.415. The fourth-order valence-electron chi connectivity index (χ4n) is 4.27. The van der Waals surface area contributed by atoms with Crippen LogP contribution in [0.15, 0.2) is 62.7 Å². The fraction of sp³-hybridized carbons (Fsp3) is 0.357. The highest BCUT2D eigenvalue weighted by molar-refractivity contribution is 6.24. The maximum Gasteiger partial charge on any atom is 0.139 e. The molecule has 0 aromatic heterocycles. The van der Waals surface area contributed by atoms with Crippen molar-refractivity contribution in [3.05, 3.63) is 85.0 Å². The first-order valence-corrected chi connectivity index (χ1v) is 10.7. The summed E-state index contributed by atoms with van der Waals surface area (Å²) in [6.07, 6.45) is 2.22. The van der Waals surface area contributed by atoms with Gasteiger partial charge in [0.05, 0.1) is 0 Å². The van der Waals surface area contributed by atoms with Gasteiger partial charge in [0.25, 0.3) is 0 Å². The van der Waals surface area contributed by atoms with E-state index in [0.29, 0.717) is 5.75 Å². The average molecular weight is 400 g/mol. The average Bonchev–Trinajstić information content (AvgIpc) is 2.70. The lowest BCUT2D eigenvalue weighted by atomic mass is 9.78. The highest BCUT2D eigenvalue weighted by Crippen LogP contribution is 2.41. The van der Waals surface area contributed by atoms with Gasteiger partial charge in [0.1, 0.15) is 13.6 Å². The SMILES string of the molecule is BC(=C(C)C)/C(C)=C(/C)C(=C)C1=C(C)/C(C)=C(\C)c2cc(C)c(O)c(C)c2/C=C\1C. The first-order chi connectivity index (χ1) is 13.8. The van der Waals surface area contributed by atoms with Crippen LogP contribution in [0.25, 0.3) is 11.6 Å². The summed E-state index contributed by atoms with van der Waals surface area (Å²) in [6, 6.07) is 2.11. The van der Waals surface area contributed by atoms with Crippen molar-refractivity contribution in [1.29, 1.82) is 0 Å². The minimum Gasteiger partial charge on any atom is -0.507 e. The van der Waals surface area contributed by atoms with Gasteiger partial charge >= 0.3 is 0 Å². The van der Waals surface area contributed by atoms with Gasteiger partial charge in [0.2, 0.25) is 0 Å². The number of hydrogen-bond donors (Lipinski definition) is 1. The van der Waals surface area contributed by atoms with Gasteiger partial charge in [-0.05, 0) is 137 Å². The predicted octanol–water partition coefficient (Wildman–Crippen LogP) is 7.36. The number of aryl methyl sites for hydroxylation is 1. The normalized spacial score (nSPS) is 21.7. The summed E-state index contributed by atoms with van der Waals surface area (Å²) >= 11 is 0. The molecule has 2 heteroatoms. The van der Waals surface area contributed by atoms with E-state index in [0.717, 1.165) is 22.3 Å². The molecule has 0 bridgehead atoms. The summed E-state index contributed by atoms with van der Waals surface area (Å²) in [6.45, 7) is 25.9. The number of allylic oxidation sites excluding steroid dienone is 10. The van der Waals surface area contributed by atoms with Crippen molar-refractivity contribution in [2.24, 2.45) is 0 Å². The highest BCUT2D eigenvalue weighted by atomic mass is 16.3. The molecule has 0 spiro atoms. The van der Waals surface area contributed by atoms with E-state index in [1.165, 1.54) is 55.6 Å². The van der Waals surface area contributed by atoms with Gasteiger partial charge in [-0.25, -0.2) is 0 Å². The van der Waals surface area contributed by atoms with Crippen molar-refractivity contribution in [3.8, 4) is 5.75 Å². The molecule has 0 saturated carbocycles. The summed E-state index contributed by atoms with van der Waals surface area (Å²) in [5.41, 5.74) is 16.6. The maximum absolute atomic E-state index is 10.6. The molecular formula is C28H37BO. The molecule has 30 heavy (non-hydrogen) atoms. The lowest BCUT2D eigenvalue weighted by molar-refractivity contribution is 0.466. The summed E-state index contributed by atoms with van der Waals surface area (Å²) in [5, 5.41) is 10.6. The van der Waals surface area contributed by atoms with Gasteiger partial charge in [-0.3, -0.25) is 0 Å². The Bertz CT molecular complexity index is 1090. The molecule has 1 aliphatic rings. The van der Waals surface area contributed by atoms with Crippen molar-refractivity contribution >= 4 is 19.5 Å². The third kappa shape index (κ3) is 4.06. The zero-order valence-corrected chi connectivity index (χ0v) is 20.8. The minimum atomic E-state index is 0.385. The Hall–Kier alpha value is -2.48. The minimum absolute atomic E-state index is 0.385. The fourth-order valence-corrected chi connectivity index (χ4v) is 4.27. The summed E-state index contributed by atoms with van der Waals surface area (Å²) in [7, 11) is 2.18. The van der Waals surface area contributed by atoms with Gasteiger partial charge in [-0.1, -0.05) is 29.3 Å². The molecule has 0 aliphatic heterocycles. The molecule has 1 aromatic rings. The van der Waals surface area contributed by atoms with E-state index in [4.69, 9.17) is 0 Å². The first-order valence-electron chi connectivity index (χ1n) is 10.7. The van der Waals surface area contributed by atoms with Crippen molar-refractivity contribution in [1.82, 2.24) is 0 Å². The number of hydrogen-bond acceptors (Lipinski definition) is 1. The Morgan fingerprint density at radius 2 is 1.43 bits per heavy atom. The lowest BCUT2D eigenvalue weighted by Crippen LogP contribution is -2.05. The van der Waals surface area contributed by atoms with Gasteiger partial charge in [-0.2, -0.15) is 0 Å². The maximum atomic E-state index is 10.6. The molecule has 1 aromatic carbocycles. The molecule has 0 heterocycles. The third-order valence-electron chi connectivity index (χ3n) is 7.07. The number of aromatic hydroxyl groups is 1. The Balaban J connectivity index is 2.86. The van der Waals surface area contributed by atoms with E-state index in [-0.39, 0.29) is 0 Å². The molecule has 0 fully saturated rings. The second-order valence-corrected chi connectivity index (χ2v) is 9.06. The second-order valence-electron chi connectivity index (χ2n) is 9.06. The van der Waals surface area contributed by atoms with Crippen LogP contribution >= 0.6 is 0 Å². The molecule has 0 saturated heterocycles. The smallest absolute Gasteiger partial charge is 0.139 e. The number of rotatable bonds is 3. The zero-order valence-electron chi connectivity index (χ0n) is 20.8. The van der Waals surface area contributed by atoms with Crippen LogP contribution in [-0.2, 0) is 0 Å². The van der Waals surface area contributed by atoms with Crippen LogP contribution in [0.5, 0.6) is 5.75 Å². The third-order valence-corrected chi connectivity index (χ3v) is 7.07. The summed E-state index contributed by atoms with van der Waals surface area (Å²) < 4.78 is 0. The number of phenols is 1. The van der Waals surface area contributed by atoms with E-state index in [1.54, 1.807) is 0 Å². The Kier molecular flexibility index (Phi) is 6.92. The van der Waals surface area contributed by atoms with Crippen molar-refractivity contribution in [2.75, 3.05) is 0 Å². The molecule has 0 amide bonds.